The van der Waals surface area contributed by atoms with Gasteiger partial charge < -0.3 is 29.4 Å². The molecule has 1 aromatic carbocycles. The summed E-state index contributed by atoms with van der Waals surface area (Å²) in [5.74, 6) is -0.255. The number of aryl methyl sites for hydroxylation is 1. The molecule has 0 aliphatic carbocycles. The minimum absolute atomic E-state index is 0.0406. The van der Waals surface area contributed by atoms with E-state index in [0.717, 1.165) is 18.8 Å². The van der Waals surface area contributed by atoms with Crippen molar-refractivity contribution in [3.63, 3.8) is 0 Å². The van der Waals surface area contributed by atoms with E-state index < -0.39 is 11.8 Å². The van der Waals surface area contributed by atoms with Crippen LogP contribution in [0.25, 0.3) is 0 Å². The molecule has 2 aliphatic heterocycles. The van der Waals surface area contributed by atoms with Crippen LogP contribution in [0.15, 0.2) is 36.5 Å². The number of anilines is 1. The summed E-state index contributed by atoms with van der Waals surface area (Å²) in [5.41, 5.74) is 1.55. The first-order valence-electron chi connectivity index (χ1n) is 9.53. The zero-order valence-electron chi connectivity index (χ0n) is 16.2. The zero-order chi connectivity index (χ0) is 20.2. The molecule has 4 rings (SSSR count). The smallest absolute Gasteiger partial charge is 0.313 e. The SMILES string of the molecule is Cn1cccc1C(CNC(=O)C(=O)Nc1ccc2c(c1)OCO2)N1CCOCC1. The van der Waals surface area contributed by atoms with Crippen molar-refractivity contribution in [2.75, 3.05) is 45.0 Å². The van der Waals surface area contributed by atoms with E-state index in [9.17, 15) is 9.59 Å². The lowest BCUT2D eigenvalue weighted by Crippen LogP contribution is -2.46. The van der Waals surface area contributed by atoms with E-state index in [4.69, 9.17) is 14.2 Å². The maximum Gasteiger partial charge on any atom is 0.313 e. The fourth-order valence-corrected chi connectivity index (χ4v) is 3.56. The van der Waals surface area contributed by atoms with Crippen molar-refractivity contribution in [3.8, 4) is 11.5 Å². The number of aromatic nitrogens is 1. The normalized spacial score (nSPS) is 17.0. The molecule has 1 aromatic heterocycles. The Morgan fingerprint density at radius 3 is 2.66 bits per heavy atom. The first kappa shape index (κ1) is 19.3. The second-order valence-corrected chi connectivity index (χ2v) is 6.94. The Labute approximate surface area is 168 Å². The summed E-state index contributed by atoms with van der Waals surface area (Å²) >= 11 is 0. The van der Waals surface area contributed by atoms with Crippen LogP contribution >= 0.6 is 0 Å². The van der Waals surface area contributed by atoms with Gasteiger partial charge in [-0.2, -0.15) is 0 Å². The molecule has 0 spiro atoms. The molecule has 1 unspecified atom stereocenters. The van der Waals surface area contributed by atoms with Gasteiger partial charge in [0, 0.05) is 50.3 Å². The summed E-state index contributed by atoms with van der Waals surface area (Å²) in [6.07, 6.45) is 1.97. The average Bonchev–Trinajstić information content (AvgIpc) is 3.37. The molecule has 3 heterocycles. The number of carbonyl (C=O) groups excluding carboxylic acids is 2. The minimum atomic E-state index is -0.725. The highest BCUT2D eigenvalue weighted by atomic mass is 16.7. The highest BCUT2D eigenvalue weighted by Gasteiger charge is 2.26. The van der Waals surface area contributed by atoms with Crippen LogP contribution in [0.2, 0.25) is 0 Å². The molecular weight excluding hydrogens is 376 g/mol. The number of benzene rings is 1. The number of rotatable bonds is 5. The lowest BCUT2D eigenvalue weighted by molar-refractivity contribution is -0.136. The number of nitrogens with zero attached hydrogens (tertiary/aromatic N) is 2. The number of fused-ring (bicyclic) bond motifs is 1. The second-order valence-electron chi connectivity index (χ2n) is 6.94. The van der Waals surface area contributed by atoms with E-state index in [1.807, 2.05) is 29.9 Å². The summed E-state index contributed by atoms with van der Waals surface area (Å²) in [6.45, 7) is 3.32. The van der Waals surface area contributed by atoms with Crippen molar-refractivity contribution in [1.82, 2.24) is 14.8 Å². The number of hydrogen-bond donors (Lipinski definition) is 2. The number of morpholine rings is 1. The number of hydrogen-bond acceptors (Lipinski definition) is 6. The predicted molar refractivity (Wildman–Crippen MR) is 105 cm³/mol. The molecule has 2 aromatic rings. The average molecular weight is 400 g/mol. The summed E-state index contributed by atoms with van der Waals surface area (Å²) < 4.78 is 18.0. The van der Waals surface area contributed by atoms with Crippen molar-refractivity contribution in [3.05, 3.63) is 42.2 Å². The quantitative estimate of drug-likeness (QED) is 0.724. The van der Waals surface area contributed by atoms with Gasteiger partial charge in [0.25, 0.3) is 0 Å². The maximum atomic E-state index is 12.4. The summed E-state index contributed by atoms with van der Waals surface area (Å²) in [7, 11) is 1.97. The van der Waals surface area contributed by atoms with Crippen LogP contribution in [0.4, 0.5) is 5.69 Å². The van der Waals surface area contributed by atoms with Crippen LogP contribution in [0.3, 0.4) is 0 Å². The topological polar surface area (TPSA) is 94.1 Å². The van der Waals surface area contributed by atoms with Gasteiger partial charge in [-0.15, -0.1) is 0 Å². The molecule has 154 valence electrons. The molecule has 9 heteroatoms. The monoisotopic (exact) mass is 400 g/mol. The van der Waals surface area contributed by atoms with Crippen LogP contribution < -0.4 is 20.1 Å². The van der Waals surface area contributed by atoms with Crippen molar-refractivity contribution in [2.45, 2.75) is 6.04 Å². The Hall–Kier alpha value is -3.04. The third kappa shape index (κ3) is 4.36. The van der Waals surface area contributed by atoms with Crippen LogP contribution in [0, 0.1) is 0 Å². The Morgan fingerprint density at radius 1 is 1.10 bits per heavy atom. The van der Waals surface area contributed by atoms with E-state index in [2.05, 4.69) is 15.5 Å². The largest absolute Gasteiger partial charge is 0.454 e. The lowest BCUT2D eigenvalue weighted by Gasteiger charge is -2.34. The molecule has 0 radical (unpaired) electrons. The Bertz CT molecular complexity index is 891. The number of amides is 2. The molecule has 1 fully saturated rings. The molecule has 1 atom stereocenters. The van der Waals surface area contributed by atoms with Gasteiger partial charge in [0.2, 0.25) is 6.79 Å². The maximum absolute atomic E-state index is 12.4. The third-order valence-electron chi connectivity index (χ3n) is 5.10. The molecule has 0 saturated carbocycles. The van der Waals surface area contributed by atoms with Crippen LogP contribution in [0.5, 0.6) is 11.5 Å². The Balaban J connectivity index is 1.38. The molecule has 0 bridgehead atoms. The first-order valence-corrected chi connectivity index (χ1v) is 9.53. The van der Waals surface area contributed by atoms with Crippen molar-refractivity contribution in [2.24, 2.45) is 7.05 Å². The Morgan fingerprint density at radius 2 is 1.90 bits per heavy atom. The lowest BCUT2D eigenvalue weighted by atomic mass is 10.1. The molecule has 2 aliphatic rings. The van der Waals surface area contributed by atoms with Crippen molar-refractivity contribution >= 4 is 17.5 Å². The predicted octanol–water partition coefficient (Wildman–Crippen LogP) is 0.882. The fraction of sp³-hybridized carbons (Fsp3) is 0.400. The van der Waals surface area contributed by atoms with Crippen molar-refractivity contribution < 1.29 is 23.8 Å². The molecular formula is C20H24N4O5. The van der Waals surface area contributed by atoms with E-state index in [1.54, 1.807) is 18.2 Å². The molecule has 2 N–H and O–H groups in total. The zero-order valence-corrected chi connectivity index (χ0v) is 16.2. The highest BCUT2D eigenvalue weighted by Crippen LogP contribution is 2.34. The van der Waals surface area contributed by atoms with Gasteiger partial charge in [-0.3, -0.25) is 14.5 Å². The van der Waals surface area contributed by atoms with Gasteiger partial charge in [0.05, 0.1) is 19.3 Å². The molecule has 29 heavy (non-hydrogen) atoms. The number of nitrogens with one attached hydrogen (secondary N) is 2. The van der Waals surface area contributed by atoms with Gasteiger partial charge in [0.15, 0.2) is 11.5 Å². The minimum Gasteiger partial charge on any atom is -0.454 e. The standard InChI is InChI=1S/C20H24N4O5/c1-23-6-2-3-15(23)16(24-7-9-27-10-8-24)12-21-19(25)20(26)22-14-4-5-17-18(11-14)29-13-28-17/h2-6,11,16H,7-10,12-13H2,1H3,(H,21,25)(H,22,26). The summed E-state index contributed by atoms with van der Waals surface area (Å²) in [6, 6.07) is 8.95. The second kappa shape index (κ2) is 8.54. The van der Waals surface area contributed by atoms with Gasteiger partial charge in [0.1, 0.15) is 0 Å². The van der Waals surface area contributed by atoms with Crippen LogP contribution in [-0.2, 0) is 21.4 Å². The molecule has 2 amide bonds. The number of carbonyl (C=O) groups is 2. The van der Waals surface area contributed by atoms with E-state index >= 15 is 0 Å². The molecule has 9 nitrogen and oxygen atoms in total. The third-order valence-corrected chi connectivity index (χ3v) is 5.10. The van der Waals surface area contributed by atoms with Gasteiger partial charge >= 0.3 is 11.8 Å². The van der Waals surface area contributed by atoms with Gasteiger partial charge in [-0.25, -0.2) is 0 Å². The van der Waals surface area contributed by atoms with E-state index in [1.165, 1.54) is 0 Å². The number of ether oxygens (including phenoxy) is 3. The van der Waals surface area contributed by atoms with Crippen LogP contribution in [-0.4, -0.2) is 60.9 Å². The van der Waals surface area contributed by atoms with Crippen LogP contribution in [0.1, 0.15) is 11.7 Å². The van der Waals surface area contributed by atoms with E-state index in [-0.39, 0.29) is 12.8 Å². The Kier molecular flexibility index (Phi) is 5.68. The summed E-state index contributed by atoms with van der Waals surface area (Å²) in [5, 5.41) is 5.36. The first-order chi connectivity index (χ1) is 14.1. The van der Waals surface area contributed by atoms with Crippen molar-refractivity contribution in [1.29, 1.82) is 0 Å². The summed E-state index contributed by atoms with van der Waals surface area (Å²) in [4.78, 5) is 27.0. The van der Waals surface area contributed by atoms with Gasteiger partial charge in [-0.05, 0) is 24.3 Å². The highest BCUT2D eigenvalue weighted by molar-refractivity contribution is 6.39. The fourth-order valence-electron chi connectivity index (χ4n) is 3.56. The molecule has 1 saturated heterocycles. The van der Waals surface area contributed by atoms with E-state index in [0.29, 0.717) is 36.9 Å². The van der Waals surface area contributed by atoms with Gasteiger partial charge in [-0.1, -0.05) is 0 Å².